The zero-order valence-electron chi connectivity index (χ0n) is 14.0. The molecule has 2 aromatic carbocycles. The summed E-state index contributed by atoms with van der Waals surface area (Å²) in [5, 5.41) is 1.30. The van der Waals surface area contributed by atoms with Gasteiger partial charge >= 0.3 is 0 Å². The average Bonchev–Trinajstić information content (AvgIpc) is 3.09. The van der Waals surface area contributed by atoms with Crippen LogP contribution in [0.15, 0.2) is 65.1 Å². The van der Waals surface area contributed by atoms with Gasteiger partial charge in [0, 0.05) is 15.6 Å². The van der Waals surface area contributed by atoms with Crippen LogP contribution in [0.1, 0.15) is 27.4 Å². The molecule has 3 aromatic rings. The quantitative estimate of drug-likeness (QED) is 0.364. The van der Waals surface area contributed by atoms with E-state index in [0.717, 1.165) is 11.3 Å². The molecule has 5 heteroatoms. The zero-order chi connectivity index (χ0) is 18.5. The molecule has 0 spiro atoms. The number of rotatable bonds is 6. The number of allylic oxidation sites excluding steroid dienone is 1. The van der Waals surface area contributed by atoms with Crippen molar-refractivity contribution in [2.75, 3.05) is 0 Å². The van der Waals surface area contributed by atoms with Crippen LogP contribution in [0.3, 0.4) is 0 Å². The van der Waals surface area contributed by atoms with E-state index in [4.69, 9.17) is 32.4 Å². The number of aryl methyl sites for hydroxylation is 1. The van der Waals surface area contributed by atoms with Gasteiger partial charge in [0.1, 0.15) is 23.9 Å². The van der Waals surface area contributed by atoms with Crippen LogP contribution in [0.4, 0.5) is 0 Å². The van der Waals surface area contributed by atoms with Crippen molar-refractivity contribution >= 4 is 35.1 Å². The summed E-state index contributed by atoms with van der Waals surface area (Å²) in [7, 11) is 0. The maximum atomic E-state index is 12.1. The Kier molecular flexibility index (Phi) is 5.82. The molecular weight excluding hydrogens is 371 g/mol. The fourth-order valence-electron chi connectivity index (χ4n) is 2.29. The highest BCUT2D eigenvalue weighted by molar-refractivity contribution is 6.31. The molecule has 132 valence electrons. The van der Waals surface area contributed by atoms with Crippen LogP contribution in [-0.2, 0) is 6.61 Å². The van der Waals surface area contributed by atoms with E-state index >= 15 is 0 Å². The molecule has 3 nitrogen and oxygen atoms in total. The van der Waals surface area contributed by atoms with E-state index in [1.807, 2.05) is 25.1 Å². The third-order valence-electron chi connectivity index (χ3n) is 3.72. The predicted octanol–water partition coefficient (Wildman–Crippen LogP) is 6.37. The molecule has 0 aliphatic carbocycles. The van der Waals surface area contributed by atoms with Crippen LogP contribution in [-0.4, -0.2) is 5.78 Å². The minimum absolute atomic E-state index is 0.118. The van der Waals surface area contributed by atoms with E-state index in [1.54, 1.807) is 42.5 Å². The van der Waals surface area contributed by atoms with E-state index in [-0.39, 0.29) is 5.78 Å². The molecule has 0 aliphatic heterocycles. The lowest BCUT2D eigenvalue weighted by Crippen LogP contribution is -1.94. The largest absolute Gasteiger partial charge is 0.486 e. The van der Waals surface area contributed by atoms with Gasteiger partial charge < -0.3 is 9.15 Å². The SMILES string of the molecule is Cc1cc(OCc2ccc(/C=C/C(=O)c3ccc(Cl)cc3)o2)ccc1Cl. The molecule has 0 atom stereocenters. The molecule has 0 saturated heterocycles. The predicted molar refractivity (Wildman–Crippen MR) is 104 cm³/mol. The summed E-state index contributed by atoms with van der Waals surface area (Å²) in [6.45, 7) is 2.21. The first-order chi connectivity index (χ1) is 12.5. The van der Waals surface area contributed by atoms with Crippen molar-refractivity contribution < 1.29 is 13.9 Å². The Hall–Kier alpha value is -2.49. The second-order valence-corrected chi connectivity index (χ2v) is 6.55. The standard InChI is InChI=1S/C21H16Cl2O3/c1-14-12-18(8-10-20(14)23)25-13-19-7-6-17(26-19)9-11-21(24)15-2-4-16(22)5-3-15/h2-12H,13H2,1H3/b11-9+. The van der Waals surface area contributed by atoms with E-state index < -0.39 is 0 Å². The van der Waals surface area contributed by atoms with Gasteiger partial charge in [-0.15, -0.1) is 0 Å². The molecule has 3 rings (SSSR count). The number of halogens is 2. The molecule has 0 radical (unpaired) electrons. The number of ketones is 1. The smallest absolute Gasteiger partial charge is 0.185 e. The van der Waals surface area contributed by atoms with Gasteiger partial charge in [-0.2, -0.15) is 0 Å². The van der Waals surface area contributed by atoms with Crippen molar-refractivity contribution in [3.8, 4) is 5.75 Å². The van der Waals surface area contributed by atoms with Gasteiger partial charge in [-0.25, -0.2) is 0 Å². The van der Waals surface area contributed by atoms with Crippen LogP contribution in [0.25, 0.3) is 6.08 Å². The van der Waals surface area contributed by atoms with Gasteiger partial charge in [0.2, 0.25) is 0 Å². The Bertz CT molecular complexity index is 940. The lowest BCUT2D eigenvalue weighted by atomic mass is 10.1. The molecule has 1 aromatic heterocycles. The Morgan fingerprint density at radius 3 is 2.58 bits per heavy atom. The number of ether oxygens (including phenoxy) is 1. The fourth-order valence-corrected chi connectivity index (χ4v) is 2.53. The third-order valence-corrected chi connectivity index (χ3v) is 4.40. The molecule has 0 aliphatic rings. The number of benzene rings is 2. The second-order valence-electron chi connectivity index (χ2n) is 5.71. The highest BCUT2D eigenvalue weighted by Gasteiger charge is 2.05. The van der Waals surface area contributed by atoms with Crippen LogP contribution in [0, 0.1) is 6.92 Å². The fraction of sp³-hybridized carbons (Fsp3) is 0.0952. The first kappa shape index (κ1) is 18.3. The van der Waals surface area contributed by atoms with Gasteiger partial charge in [0.15, 0.2) is 5.78 Å². The third kappa shape index (κ3) is 4.78. The molecular formula is C21H16Cl2O3. The summed E-state index contributed by atoms with van der Waals surface area (Å²) in [5.41, 5.74) is 1.52. The van der Waals surface area contributed by atoms with Gasteiger partial charge in [-0.3, -0.25) is 4.79 Å². The van der Waals surface area contributed by atoms with Gasteiger partial charge in [0.05, 0.1) is 0 Å². The highest BCUT2D eigenvalue weighted by Crippen LogP contribution is 2.22. The molecule has 0 bridgehead atoms. The molecule has 0 saturated carbocycles. The Balaban J connectivity index is 1.59. The van der Waals surface area contributed by atoms with Crippen molar-refractivity contribution in [1.29, 1.82) is 0 Å². The number of furan rings is 1. The van der Waals surface area contributed by atoms with Crippen molar-refractivity contribution in [2.45, 2.75) is 13.5 Å². The van der Waals surface area contributed by atoms with Crippen LogP contribution >= 0.6 is 23.2 Å². The van der Waals surface area contributed by atoms with Gasteiger partial charge in [0.25, 0.3) is 0 Å². The van der Waals surface area contributed by atoms with Crippen molar-refractivity contribution in [3.05, 3.63) is 93.4 Å². The molecule has 26 heavy (non-hydrogen) atoms. The average molecular weight is 387 g/mol. The Morgan fingerprint density at radius 1 is 1.08 bits per heavy atom. The first-order valence-electron chi connectivity index (χ1n) is 7.97. The number of hydrogen-bond donors (Lipinski definition) is 0. The number of carbonyl (C=O) groups excluding carboxylic acids is 1. The van der Waals surface area contributed by atoms with Crippen molar-refractivity contribution in [2.24, 2.45) is 0 Å². The monoisotopic (exact) mass is 386 g/mol. The summed E-state index contributed by atoms with van der Waals surface area (Å²) in [6.07, 6.45) is 3.10. The summed E-state index contributed by atoms with van der Waals surface area (Å²) in [6, 6.07) is 15.8. The Labute approximate surface area is 161 Å². The van der Waals surface area contributed by atoms with Crippen LogP contribution in [0.2, 0.25) is 10.0 Å². The van der Waals surface area contributed by atoms with Gasteiger partial charge in [-0.1, -0.05) is 23.2 Å². The van der Waals surface area contributed by atoms with Crippen LogP contribution < -0.4 is 4.74 Å². The molecule has 0 N–H and O–H groups in total. The van der Waals surface area contributed by atoms with E-state index in [0.29, 0.717) is 33.7 Å². The molecule has 0 fully saturated rings. The molecule has 0 unspecified atom stereocenters. The normalized spacial score (nSPS) is 11.0. The van der Waals surface area contributed by atoms with Crippen molar-refractivity contribution in [3.63, 3.8) is 0 Å². The van der Waals surface area contributed by atoms with E-state index in [1.165, 1.54) is 6.08 Å². The van der Waals surface area contributed by atoms with E-state index in [2.05, 4.69) is 0 Å². The zero-order valence-corrected chi connectivity index (χ0v) is 15.6. The Morgan fingerprint density at radius 2 is 1.85 bits per heavy atom. The topological polar surface area (TPSA) is 39.4 Å². The number of hydrogen-bond acceptors (Lipinski definition) is 3. The first-order valence-corrected chi connectivity index (χ1v) is 8.72. The minimum atomic E-state index is -0.118. The lowest BCUT2D eigenvalue weighted by molar-refractivity contribution is 0.104. The van der Waals surface area contributed by atoms with Crippen LogP contribution in [0.5, 0.6) is 5.75 Å². The number of carbonyl (C=O) groups is 1. The molecule has 0 amide bonds. The summed E-state index contributed by atoms with van der Waals surface area (Å²) in [4.78, 5) is 12.1. The summed E-state index contributed by atoms with van der Waals surface area (Å²) >= 11 is 11.8. The summed E-state index contributed by atoms with van der Waals surface area (Å²) < 4.78 is 11.3. The maximum Gasteiger partial charge on any atom is 0.185 e. The second kappa shape index (κ2) is 8.26. The maximum absolute atomic E-state index is 12.1. The lowest BCUT2D eigenvalue weighted by Gasteiger charge is -2.05. The van der Waals surface area contributed by atoms with Crippen molar-refractivity contribution in [1.82, 2.24) is 0 Å². The van der Waals surface area contributed by atoms with E-state index in [9.17, 15) is 4.79 Å². The summed E-state index contributed by atoms with van der Waals surface area (Å²) in [5.74, 6) is 1.85. The van der Waals surface area contributed by atoms with Gasteiger partial charge in [-0.05, 0) is 79.2 Å². The highest BCUT2D eigenvalue weighted by atomic mass is 35.5. The molecule has 1 heterocycles. The minimum Gasteiger partial charge on any atom is -0.486 e.